The van der Waals surface area contributed by atoms with Gasteiger partial charge in [-0.15, -0.1) is 0 Å². The van der Waals surface area contributed by atoms with Gasteiger partial charge in [0.1, 0.15) is 5.75 Å². The van der Waals surface area contributed by atoms with Gasteiger partial charge in [0.05, 0.1) is 12.0 Å². The van der Waals surface area contributed by atoms with E-state index in [0.717, 1.165) is 5.56 Å². The maximum absolute atomic E-state index is 12.5. The lowest BCUT2D eigenvalue weighted by atomic mass is 10.2. The molecule has 0 aromatic heterocycles. The quantitative estimate of drug-likeness (QED) is 0.831. The first-order valence-corrected chi connectivity index (χ1v) is 9.05. The molecule has 6 heteroatoms. The number of hydrogen-bond acceptors (Lipinski definition) is 4. The zero-order valence-electron chi connectivity index (χ0n) is 13.9. The first-order valence-electron chi connectivity index (χ1n) is 7.51. The summed E-state index contributed by atoms with van der Waals surface area (Å²) in [6, 6.07) is 13.0. The molecule has 2 rings (SSSR count). The Bertz CT molecular complexity index is 901. The van der Waals surface area contributed by atoms with Gasteiger partial charge in [-0.25, -0.2) is 8.42 Å². The Balaban J connectivity index is 2.22. The molecule has 2 aromatic carbocycles. The number of carboxylic acids is 1. The number of methoxy groups -OCH3 is 1. The molecule has 0 fully saturated rings. The molecule has 0 aliphatic rings. The molecule has 2 aromatic rings. The number of carboxylic acid groups (broad SMARTS) is 1. The van der Waals surface area contributed by atoms with E-state index in [0.29, 0.717) is 11.3 Å². The molecule has 0 saturated carbocycles. The third-order valence-corrected chi connectivity index (χ3v) is 5.66. The van der Waals surface area contributed by atoms with E-state index in [9.17, 15) is 18.3 Å². The van der Waals surface area contributed by atoms with Crippen molar-refractivity contribution in [2.24, 2.45) is 0 Å². The molecule has 0 saturated heterocycles. The lowest BCUT2D eigenvalue weighted by molar-refractivity contribution is -0.136. The molecule has 25 heavy (non-hydrogen) atoms. The zero-order valence-corrected chi connectivity index (χ0v) is 14.7. The Hall–Kier alpha value is -2.78. The number of carbonyl (C=O) groups is 1. The number of ether oxygens (including phenoxy) is 1. The fourth-order valence-corrected chi connectivity index (χ4v) is 3.55. The summed E-state index contributed by atoms with van der Waals surface area (Å²) in [4.78, 5) is 11.4. The summed E-state index contributed by atoms with van der Waals surface area (Å²) in [6.45, 7) is 1.82. The third-order valence-electron chi connectivity index (χ3n) is 3.61. The molecule has 5 nitrogen and oxygen atoms in total. The minimum atomic E-state index is -4.00. The average molecular weight is 358 g/mol. The van der Waals surface area contributed by atoms with Crippen LogP contribution in [0.25, 0.3) is 0 Å². The summed E-state index contributed by atoms with van der Waals surface area (Å²) in [6.07, 6.45) is -0.294. The van der Waals surface area contributed by atoms with Crippen molar-refractivity contribution in [2.75, 3.05) is 7.11 Å². The van der Waals surface area contributed by atoms with E-state index in [1.807, 2.05) is 6.92 Å². The molecule has 0 aliphatic carbocycles. The number of aryl methyl sites for hydroxylation is 1. The van der Waals surface area contributed by atoms with Gasteiger partial charge in [-0.05, 0) is 43.3 Å². The molecular weight excluding hydrogens is 340 g/mol. The van der Waals surface area contributed by atoms with Crippen molar-refractivity contribution in [2.45, 2.75) is 23.5 Å². The highest BCUT2D eigenvalue weighted by Crippen LogP contribution is 2.19. The molecule has 0 heterocycles. The summed E-state index contributed by atoms with van der Waals surface area (Å²) in [5.41, 5.74) is 1.54. The predicted octanol–water partition coefficient (Wildman–Crippen LogP) is 2.67. The van der Waals surface area contributed by atoms with Crippen LogP contribution in [0.1, 0.15) is 17.5 Å². The molecule has 1 atom stereocenters. The summed E-state index contributed by atoms with van der Waals surface area (Å²) < 4.78 is 30.1. The largest absolute Gasteiger partial charge is 0.497 e. The first-order chi connectivity index (χ1) is 11.8. The van der Waals surface area contributed by atoms with Crippen LogP contribution in [-0.4, -0.2) is 31.9 Å². The van der Waals surface area contributed by atoms with E-state index in [1.165, 1.54) is 12.1 Å². The van der Waals surface area contributed by atoms with E-state index in [4.69, 9.17) is 4.74 Å². The van der Waals surface area contributed by atoms with Crippen LogP contribution in [0, 0.1) is 18.8 Å². The van der Waals surface area contributed by atoms with Crippen molar-refractivity contribution >= 4 is 15.8 Å². The number of aliphatic carboxylic acids is 1. The van der Waals surface area contributed by atoms with Crippen LogP contribution in [-0.2, 0) is 14.6 Å². The molecule has 0 amide bonds. The maximum Gasteiger partial charge on any atom is 0.323 e. The molecule has 0 radical (unpaired) electrons. The molecule has 130 valence electrons. The van der Waals surface area contributed by atoms with Crippen molar-refractivity contribution < 1.29 is 23.1 Å². The Labute approximate surface area is 147 Å². The van der Waals surface area contributed by atoms with Crippen molar-refractivity contribution in [1.82, 2.24) is 0 Å². The topological polar surface area (TPSA) is 80.7 Å². The predicted molar refractivity (Wildman–Crippen MR) is 94.3 cm³/mol. The highest BCUT2D eigenvalue weighted by atomic mass is 32.2. The minimum Gasteiger partial charge on any atom is -0.497 e. The van der Waals surface area contributed by atoms with Crippen LogP contribution in [0.15, 0.2) is 53.4 Å². The highest BCUT2D eigenvalue weighted by molar-refractivity contribution is 7.92. The molecule has 0 spiro atoms. The second-order valence-corrected chi connectivity index (χ2v) is 7.55. The smallest absolute Gasteiger partial charge is 0.323 e. The Morgan fingerprint density at radius 1 is 1.12 bits per heavy atom. The highest BCUT2D eigenvalue weighted by Gasteiger charge is 2.33. The van der Waals surface area contributed by atoms with Crippen LogP contribution in [0.2, 0.25) is 0 Å². The monoisotopic (exact) mass is 358 g/mol. The van der Waals surface area contributed by atoms with Gasteiger partial charge in [-0.3, -0.25) is 4.79 Å². The summed E-state index contributed by atoms with van der Waals surface area (Å²) in [7, 11) is -2.45. The molecular formula is C19H18O5S. The van der Waals surface area contributed by atoms with Gasteiger partial charge in [0, 0.05) is 12.0 Å². The van der Waals surface area contributed by atoms with E-state index >= 15 is 0 Å². The van der Waals surface area contributed by atoms with Crippen LogP contribution < -0.4 is 4.74 Å². The normalized spacial score (nSPS) is 11.9. The van der Waals surface area contributed by atoms with Gasteiger partial charge in [-0.1, -0.05) is 29.5 Å². The molecule has 1 unspecified atom stereocenters. The fraction of sp³-hybridized carbons (Fsp3) is 0.211. The molecule has 0 bridgehead atoms. The van der Waals surface area contributed by atoms with Gasteiger partial charge in [0.25, 0.3) is 0 Å². The lowest BCUT2D eigenvalue weighted by Crippen LogP contribution is -2.29. The van der Waals surface area contributed by atoms with Crippen molar-refractivity contribution in [3.8, 4) is 17.6 Å². The van der Waals surface area contributed by atoms with Crippen LogP contribution in [0.5, 0.6) is 5.75 Å². The Morgan fingerprint density at radius 2 is 1.72 bits per heavy atom. The lowest BCUT2D eigenvalue weighted by Gasteiger charge is -2.11. The fourth-order valence-electron chi connectivity index (χ4n) is 2.14. The summed E-state index contributed by atoms with van der Waals surface area (Å²) in [5.74, 6) is 4.70. The Kier molecular flexibility index (Phi) is 5.84. The number of benzene rings is 2. The van der Waals surface area contributed by atoms with Gasteiger partial charge in [-0.2, -0.15) is 0 Å². The number of sulfone groups is 1. The standard InChI is InChI=1S/C19H18O5S/c1-14-6-12-17(13-7-14)25(22,23)18(19(20)21)5-3-4-15-8-10-16(24-2)11-9-15/h6-13,18H,5H2,1-2H3,(H,20,21). The zero-order chi connectivity index (χ0) is 18.4. The molecule has 1 N–H and O–H groups in total. The minimum absolute atomic E-state index is 0.0169. The first kappa shape index (κ1) is 18.6. The summed E-state index contributed by atoms with van der Waals surface area (Å²) >= 11 is 0. The van der Waals surface area contributed by atoms with Crippen molar-refractivity contribution in [3.05, 3.63) is 59.7 Å². The van der Waals surface area contributed by atoms with Crippen LogP contribution >= 0.6 is 0 Å². The number of hydrogen-bond donors (Lipinski definition) is 1. The second kappa shape index (κ2) is 7.86. The second-order valence-electron chi connectivity index (χ2n) is 5.42. The van der Waals surface area contributed by atoms with Crippen molar-refractivity contribution in [1.29, 1.82) is 0 Å². The van der Waals surface area contributed by atoms with Gasteiger partial charge >= 0.3 is 5.97 Å². The van der Waals surface area contributed by atoms with Gasteiger partial charge in [0.15, 0.2) is 15.1 Å². The van der Waals surface area contributed by atoms with E-state index in [2.05, 4.69) is 11.8 Å². The molecule has 0 aliphatic heterocycles. The SMILES string of the molecule is COc1ccc(C#CCC(C(=O)O)S(=O)(=O)c2ccc(C)cc2)cc1. The maximum atomic E-state index is 12.5. The van der Waals surface area contributed by atoms with E-state index in [1.54, 1.807) is 43.5 Å². The van der Waals surface area contributed by atoms with Gasteiger partial charge < -0.3 is 9.84 Å². The van der Waals surface area contributed by atoms with Gasteiger partial charge in [0.2, 0.25) is 0 Å². The number of rotatable bonds is 5. The third kappa shape index (κ3) is 4.61. The summed E-state index contributed by atoms with van der Waals surface area (Å²) in [5, 5.41) is 7.72. The Morgan fingerprint density at radius 3 is 2.24 bits per heavy atom. The average Bonchev–Trinajstić information content (AvgIpc) is 2.59. The van der Waals surface area contributed by atoms with Crippen molar-refractivity contribution in [3.63, 3.8) is 0 Å². The van der Waals surface area contributed by atoms with Crippen LogP contribution in [0.3, 0.4) is 0 Å². The van der Waals surface area contributed by atoms with E-state index in [-0.39, 0.29) is 11.3 Å². The van der Waals surface area contributed by atoms with E-state index < -0.39 is 21.1 Å². The van der Waals surface area contributed by atoms with Crippen LogP contribution in [0.4, 0.5) is 0 Å².